The molecule has 0 heterocycles. The van der Waals surface area contributed by atoms with E-state index < -0.39 is 11.9 Å². The minimum atomic E-state index is -1.29. The summed E-state index contributed by atoms with van der Waals surface area (Å²) in [5.74, 6) is -1.24. The zero-order valence-electron chi connectivity index (χ0n) is 12.4. The molecular formula is C16H14O7. The molecule has 2 rings (SSSR count). The van der Waals surface area contributed by atoms with E-state index in [4.69, 9.17) is 19.3 Å². The van der Waals surface area contributed by atoms with Crippen LogP contribution in [0.15, 0.2) is 36.4 Å². The molecule has 0 aliphatic rings. The van der Waals surface area contributed by atoms with Gasteiger partial charge in [-0.2, -0.15) is 0 Å². The molecule has 7 heteroatoms. The standard InChI is InChI=1S/C16H14O7/c1-21-13-6-4-10(8-14(13)22-2)23-12-5-3-9(15(17)18)7-11(12)16(19)20/h3-8H,1-2H3,(H,17,18)(H,19,20). The Balaban J connectivity index is 2.40. The molecule has 0 aliphatic heterocycles. The Labute approximate surface area is 131 Å². The van der Waals surface area contributed by atoms with Crippen LogP contribution in [0.1, 0.15) is 20.7 Å². The second kappa shape index (κ2) is 6.69. The van der Waals surface area contributed by atoms with Gasteiger partial charge in [-0.3, -0.25) is 0 Å². The van der Waals surface area contributed by atoms with Crippen molar-refractivity contribution in [2.75, 3.05) is 14.2 Å². The van der Waals surface area contributed by atoms with Gasteiger partial charge in [0, 0.05) is 6.07 Å². The number of hydrogen-bond donors (Lipinski definition) is 2. The molecule has 0 aromatic heterocycles. The average molecular weight is 318 g/mol. The van der Waals surface area contributed by atoms with Gasteiger partial charge in [0.05, 0.1) is 19.8 Å². The van der Waals surface area contributed by atoms with Gasteiger partial charge in [-0.25, -0.2) is 9.59 Å². The quantitative estimate of drug-likeness (QED) is 0.844. The molecule has 7 nitrogen and oxygen atoms in total. The molecule has 0 spiro atoms. The molecule has 120 valence electrons. The minimum Gasteiger partial charge on any atom is -0.493 e. The van der Waals surface area contributed by atoms with Crippen molar-refractivity contribution in [2.45, 2.75) is 0 Å². The molecular weight excluding hydrogens is 304 g/mol. The fraction of sp³-hybridized carbons (Fsp3) is 0.125. The van der Waals surface area contributed by atoms with Crippen molar-refractivity contribution in [2.24, 2.45) is 0 Å². The van der Waals surface area contributed by atoms with E-state index in [2.05, 4.69) is 0 Å². The minimum absolute atomic E-state index is 0.0229. The smallest absolute Gasteiger partial charge is 0.339 e. The molecule has 0 unspecified atom stereocenters. The van der Waals surface area contributed by atoms with E-state index in [1.165, 1.54) is 32.4 Å². The fourth-order valence-electron chi connectivity index (χ4n) is 1.93. The molecule has 2 aromatic rings. The van der Waals surface area contributed by atoms with Gasteiger partial charge in [0.15, 0.2) is 11.5 Å². The fourth-order valence-corrected chi connectivity index (χ4v) is 1.93. The third-order valence-electron chi connectivity index (χ3n) is 3.04. The number of aromatic carboxylic acids is 2. The van der Waals surface area contributed by atoms with Gasteiger partial charge >= 0.3 is 11.9 Å². The maximum atomic E-state index is 11.3. The number of carboxylic acids is 2. The lowest BCUT2D eigenvalue weighted by atomic mass is 10.1. The van der Waals surface area contributed by atoms with Gasteiger partial charge in [-0.1, -0.05) is 0 Å². The highest BCUT2D eigenvalue weighted by atomic mass is 16.5. The molecule has 0 amide bonds. The van der Waals surface area contributed by atoms with Crippen LogP contribution in [-0.4, -0.2) is 36.4 Å². The molecule has 23 heavy (non-hydrogen) atoms. The summed E-state index contributed by atoms with van der Waals surface area (Å²) in [6.45, 7) is 0. The topological polar surface area (TPSA) is 102 Å². The van der Waals surface area contributed by atoms with E-state index >= 15 is 0 Å². The van der Waals surface area contributed by atoms with E-state index in [-0.39, 0.29) is 16.9 Å². The molecule has 0 fully saturated rings. The van der Waals surface area contributed by atoms with Crippen LogP contribution in [0.5, 0.6) is 23.0 Å². The summed E-state index contributed by atoms with van der Waals surface area (Å²) >= 11 is 0. The van der Waals surface area contributed by atoms with Gasteiger partial charge in [0.1, 0.15) is 17.1 Å². The average Bonchev–Trinajstić information content (AvgIpc) is 2.54. The first-order chi connectivity index (χ1) is 11.0. The maximum absolute atomic E-state index is 11.3. The van der Waals surface area contributed by atoms with Gasteiger partial charge in [0.2, 0.25) is 0 Å². The molecule has 0 radical (unpaired) electrons. The first-order valence-electron chi connectivity index (χ1n) is 6.46. The van der Waals surface area contributed by atoms with E-state index in [1.807, 2.05) is 0 Å². The highest BCUT2D eigenvalue weighted by molar-refractivity contribution is 5.96. The first-order valence-corrected chi connectivity index (χ1v) is 6.46. The summed E-state index contributed by atoms with van der Waals surface area (Å²) in [6.07, 6.45) is 0. The summed E-state index contributed by atoms with van der Waals surface area (Å²) < 4.78 is 15.8. The Morgan fingerprint density at radius 2 is 1.48 bits per heavy atom. The number of rotatable bonds is 6. The summed E-state index contributed by atoms with van der Waals surface area (Å²) in [5, 5.41) is 18.1. The Hall–Kier alpha value is -3.22. The van der Waals surface area contributed by atoms with Crippen molar-refractivity contribution < 1.29 is 34.0 Å². The molecule has 0 atom stereocenters. The van der Waals surface area contributed by atoms with E-state index in [9.17, 15) is 14.7 Å². The van der Waals surface area contributed by atoms with Gasteiger partial charge in [-0.05, 0) is 30.3 Å². The second-order valence-corrected chi connectivity index (χ2v) is 4.44. The number of hydrogen-bond acceptors (Lipinski definition) is 5. The van der Waals surface area contributed by atoms with Crippen molar-refractivity contribution in [1.29, 1.82) is 0 Å². The van der Waals surface area contributed by atoms with Crippen LogP contribution >= 0.6 is 0 Å². The number of carboxylic acid groups (broad SMARTS) is 2. The lowest BCUT2D eigenvalue weighted by Crippen LogP contribution is -2.04. The molecule has 0 saturated carbocycles. The van der Waals surface area contributed by atoms with Crippen LogP contribution in [0.3, 0.4) is 0 Å². The summed E-state index contributed by atoms with van der Waals surface area (Å²) in [4.78, 5) is 22.2. The molecule has 0 saturated heterocycles. The number of benzene rings is 2. The van der Waals surface area contributed by atoms with Crippen LogP contribution in [0, 0.1) is 0 Å². The number of carbonyl (C=O) groups is 2. The maximum Gasteiger partial charge on any atom is 0.339 e. The van der Waals surface area contributed by atoms with Crippen molar-refractivity contribution in [1.82, 2.24) is 0 Å². The molecule has 0 aliphatic carbocycles. The molecule has 2 N–H and O–H groups in total. The summed E-state index contributed by atoms with van der Waals surface area (Å²) in [5.41, 5.74) is -0.387. The lowest BCUT2D eigenvalue weighted by Gasteiger charge is -2.12. The Bertz CT molecular complexity index is 752. The Morgan fingerprint density at radius 3 is 2.04 bits per heavy atom. The number of methoxy groups -OCH3 is 2. The van der Waals surface area contributed by atoms with E-state index in [0.29, 0.717) is 17.2 Å². The summed E-state index contributed by atoms with van der Waals surface area (Å²) in [6, 6.07) is 8.34. The Morgan fingerprint density at radius 1 is 0.826 bits per heavy atom. The van der Waals surface area contributed by atoms with Crippen molar-refractivity contribution >= 4 is 11.9 Å². The van der Waals surface area contributed by atoms with E-state index in [1.54, 1.807) is 12.1 Å². The predicted octanol–water partition coefficient (Wildman–Crippen LogP) is 2.89. The van der Waals surface area contributed by atoms with Crippen LogP contribution in [0.2, 0.25) is 0 Å². The lowest BCUT2D eigenvalue weighted by molar-refractivity contribution is 0.0694. The zero-order chi connectivity index (χ0) is 17.0. The SMILES string of the molecule is COc1ccc(Oc2ccc(C(=O)O)cc2C(=O)O)cc1OC. The Kier molecular flexibility index (Phi) is 4.70. The monoisotopic (exact) mass is 318 g/mol. The summed E-state index contributed by atoms with van der Waals surface area (Å²) in [7, 11) is 2.96. The van der Waals surface area contributed by atoms with Crippen molar-refractivity contribution in [3.05, 3.63) is 47.5 Å². The third-order valence-corrected chi connectivity index (χ3v) is 3.04. The van der Waals surface area contributed by atoms with E-state index in [0.717, 1.165) is 6.07 Å². The number of ether oxygens (including phenoxy) is 3. The van der Waals surface area contributed by atoms with Crippen LogP contribution in [-0.2, 0) is 0 Å². The highest BCUT2D eigenvalue weighted by Crippen LogP contribution is 2.34. The van der Waals surface area contributed by atoms with Crippen LogP contribution < -0.4 is 14.2 Å². The van der Waals surface area contributed by atoms with Crippen LogP contribution in [0.4, 0.5) is 0 Å². The van der Waals surface area contributed by atoms with Crippen molar-refractivity contribution in [3.63, 3.8) is 0 Å². The predicted molar refractivity (Wildman–Crippen MR) is 80.0 cm³/mol. The molecule has 2 aromatic carbocycles. The van der Waals surface area contributed by atoms with Gasteiger partial charge in [0.25, 0.3) is 0 Å². The normalized spacial score (nSPS) is 10.0. The zero-order valence-corrected chi connectivity index (χ0v) is 12.4. The highest BCUT2D eigenvalue weighted by Gasteiger charge is 2.16. The first kappa shape index (κ1) is 16.2. The van der Waals surface area contributed by atoms with Crippen LogP contribution in [0.25, 0.3) is 0 Å². The van der Waals surface area contributed by atoms with Crippen molar-refractivity contribution in [3.8, 4) is 23.0 Å². The molecule has 0 bridgehead atoms. The largest absolute Gasteiger partial charge is 0.493 e. The third kappa shape index (κ3) is 3.52. The van der Waals surface area contributed by atoms with Gasteiger partial charge < -0.3 is 24.4 Å². The second-order valence-electron chi connectivity index (χ2n) is 4.44. The van der Waals surface area contributed by atoms with Gasteiger partial charge in [-0.15, -0.1) is 0 Å².